The molecule has 0 fully saturated rings. The molecule has 0 saturated carbocycles. The lowest BCUT2D eigenvalue weighted by Gasteiger charge is -2.07. The van der Waals surface area contributed by atoms with Crippen LogP contribution in [0.2, 0.25) is 0 Å². The van der Waals surface area contributed by atoms with Crippen LogP contribution in [-0.4, -0.2) is 18.5 Å². The normalized spacial score (nSPS) is 11.9. The van der Waals surface area contributed by atoms with E-state index in [0.717, 1.165) is 0 Å². The van der Waals surface area contributed by atoms with E-state index >= 15 is 0 Å². The minimum atomic E-state index is -0.591. The van der Waals surface area contributed by atoms with Gasteiger partial charge >= 0.3 is 5.97 Å². The van der Waals surface area contributed by atoms with E-state index in [0.29, 0.717) is 17.9 Å². The Kier molecular flexibility index (Phi) is 4.43. The second-order valence-corrected chi connectivity index (χ2v) is 3.50. The van der Waals surface area contributed by atoms with Gasteiger partial charge in [-0.3, -0.25) is 4.79 Å². The number of methoxy groups -OCH3 is 1. The quantitative estimate of drug-likeness (QED) is 0.452. The van der Waals surface area contributed by atoms with E-state index in [4.69, 9.17) is 21.1 Å². The van der Waals surface area contributed by atoms with Gasteiger partial charge in [0.05, 0.1) is 7.11 Å². The number of benzene rings is 1. The lowest BCUT2D eigenvalue weighted by atomic mass is 10.3. The van der Waals surface area contributed by atoms with Gasteiger partial charge in [-0.25, -0.2) is 0 Å². The van der Waals surface area contributed by atoms with Gasteiger partial charge in [-0.05, 0) is 30.7 Å². The highest BCUT2D eigenvalue weighted by Gasteiger charge is 2.14. The van der Waals surface area contributed by atoms with E-state index in [1.54, 1.807) is 31.4 Å². The summed E-state index contributed by atoms with van der Waals surface area (Å²) in [5.74, 6) is 0.761. The molecule has 82 valence electrons. The molecule has 0 aliphatic heterocycles. The third-order valence-corrected chi connectivity index (χ3v) is 2.38. The highest BCUT2D eigenvalue weighted by atomic mass is 35.5. The molecule has 0 N–H and O–H groups in total. The molecule has 15 heavy (non-hydrogen) atoms. The minimum absolute atomic E-state index is 0.427. The Hall–Kier alpha value is -1.22. The van der Waals surface area contributed by atoms with Crippen molar-refractivity contribution in [1.29, 1.82) is 0 Å². The second-order valence-electron chi connectivity index (χ2n) is 2.97. The minimum Gasteiger partial charge on any atom is -0.497 e. The molecule has 0 spiro atoms. The predicted octanol–water partition coefficient (Wildman–Crippen LogP) is 2.62. The van der Waals surface area contributed by atoms with Crippen LogP contribution in [0.1, 0.15) is 13.3 Å². The van der Waals surface area contributed by atoms with Crippen LogP contribution in [0.25, 0.3) is 0 Å². The molecule has 0 heterocycles. The zero-order valence-electron chi connectivity index (χ0n) is 8.70. The van der Waals surface area contributed by atoms with Crippen LogP contribution < -0.4 is 9.47 Å². The van der Waals surface area contributed by atoms with Crippen molar-refractivity contribution >= 4 is 17.6 Å². The number of rotatable bonds is 4. The SMILES string of the molecule is CCC(Cl)C(=O)Oc1ccc(OC)cc1. The van der Waals surface area contributed by atoms with Gasteiger partial charge in [-0.2, -0.15) is 0 Å². The Morgan fingerprint density at radius 1 is 1.33 bits per heavy atom. The van der Waals surface area contributed by atoms with E-state index < -0.39 is 11.3 Å². The zero-order chi connectivity index (χ0) is 11.3. The molecule has 1 atom stereocenters. The van der Waals surface area contributed by atoms with Crippen LogP contribution in [0.4, 0.5) is 0 Å². The highest BCUT2D eigenvalue weighted by Crippen LogP contribution is 2.18. The van der Waals surface area contributed by atoms with Crippen LogP contribution in [0, 0.1) is 0 Å². The topological polar surface area (TPSA) is 35.5 Å². The molecule has 0 amide bonds. The van der Waals surface area contributed by atoms with Crippen molar-refractivity contribution in [2.75, 3.05) is 7.11 Å². The molecule has 1 rings (SSSR count). The summed E-state index contributed by atoms with van der Waals surface area (Å²) in [6, 6.07) is 6.77. The molecule has 1 aromatic carbocycles. The van der Waals surface area contributed by atoms with Crippen molar-refractivity contribution in [2.45, 2.75) is 18.7 Å². The van der Waals surface area contributed by atoms with Crippen LogP contribution in [0.3, 0.4) is 0 Å². The molecule has 0 saturated heterocycles. The highest BCUT2D eigenvalue weighted by molar-refractivity contribution is 6.30. The second kappa shape index (κ2) is 5.61. The molecule has 1 aromatic rings. The van der Waals surface area contributed by atoms with Gasteiger partial charge in [0.2, 0.25) is 0 Å². The Morgan fingerprint density at radius 2 is 1.87 bits per heavy atom. The third-order valence-electron chi connectivity index (χ3n) is 1.89. The number of ether oxygens (including phenoxy) is 2. The first-order valence-corrected chi connectivity index (χ1v) is 5.10. The largest absolute Gasteiger partial charge is 0.497 e. The van der Waals surface area contributed by atoms with Crippen molar-refractivity contribution in [2.24, 2.45) is 0 Å². The summed E-state index contributed by atoms with van der Waals surface area (Å²) in [5.41, 5.74) is 0. The van der Waals surface area contributed by atoms with Crippen molar-refractivity contribution in [1.82, 2.24) is 0 Å². The Balaban J connectivity index is 2.61. The maximum absolute atomic E-state index is 11.3. The van der Waals surface area contributed by atoms with Crippen LogP contribution in [-0.2, 0) is 4.79 Å². The van der Waals surface area contributed by atoms with Crippen molar-refractivity contribution in [3.8, 4) is 11.5 Å². The van der Waals surface area contributed by atoms with Gasteiger partial charge in [0.1, 0.15) is 16.9 Å². The van der Waals surface area contributed by atoms with E-state index in [1.807, 2.05) is 6.92 Å². The van der Waals surface area contributed by atoms with Gasteiger partial charge in [0.15, 0.2) is 0 Å². The summed E-state index contributed by atoms with van der Waals surface area (Å²) in [5, 5.41) is -0.591. The molecule has 0 aromatic heterocycles. The van der Waals surface area contributed by atoms with E-state index in [9.17, 15) is 4.79 Å². The first-order valence-electron chi connectivity index (χ1n) is 4.67. The smallest absolute Gasteiger partial charge is 0.329 e. The number of esters is 1. The predicted molar refractivity (Wildman–Crippen MR) is 58.6 cm³/mol. The fourth-order valence-electron chi connectivity index (χ4n) is 0.991. The Labute approximate surface area is 93.9 Å². The number of hydrogen-bond donors (Lipinski definition) is 0. The lowest BCUT2D eigenvalue weighted by molar-refractivity contribution is -0.134. The average Bonchev–Trinajstić information content (AvgIpc) is 2.29. The molecule has 0 aliphatic rings. The summed E-state index contributed by atoms with van der Waals surface area (Å²) in [6.45, 7) is 1.83. The molecule has 1 unspecified atom stereocenters. The summed E-state index contributed by atoms with van der Waals surface area (Å²) in [7, 11) is 1.58. The summed E-state index contributed by atoms with van der Waals surface area (Å²) in [6.07, 6.45) is 0.552. The maximum atomic E-state index is 11.3. The Morgan fingerprint density at radius 3 is 2.33 bits per heavy atom. The van der Waals surface area contributed by atoms with Gasteiger partial charge in [0.25, 0.3) is 0 Å². The molecular weight excluding hydrogens is 216 g/mol. The van der Waals surface area contributed by atoms with E-state index in [-0.39, 0.29) is 0 Å². The van der Waals surface area contributed by atoms with Crippen molar-refractivity contribution in [3.05, 3.63) is 24.3 Å². The lowest BCUT2D eigenvalue weighted by Crippen LogP contribution is -2.19. The Bertz CT molecular complexity index is 321. The van der Waals surface area contributed by atoms with Crippen molar-refractivity contribution in [3.63, 3.8) is 0 Å². The fourth-order valence-corrected chi connectivity index (χ4v) is 1.04. The molecule has 0 bridgehead atoms. The summed E-state index contributed by atoms with van der Waals surface area (Å²) < 4.78 is 10.0. The van der Waals surface area contributed by atoms with Gasteiger partial charge in [-0.15, -0.1) is 11.6 Å². The van der Waals surface area contributed by atoms with Crippen LogP contribution in [0.5, 0.6) is 11.5 Å². The number of halogens is 1. The standard InChI is InChI=1S/C11H13ClO3/c1-3-10(12)11(13)15-9-6-4-8(14-2)5-7-9/h4-7,10H,3H2,1-2H3. The molecule has 3 nitrogen and oxygen atoms in total. The molecule has 0 radical (unpaired) electrons. The number of carbonyl (C=O) groups excluding carboxylic acids is 1. The molecular formula is C11H13ClO3. The number of alkyl halides is 1. The molecule has 4 heteroatoms. The summed E-state index contributed by atoms with van der Waals surface area (Å²) >= 11 is 5.72. The van der Waals surface area contributed by atoms with E-state index in [1.165, 1.54) is 0 Å². The maximum Gasteiger partial charge on any atom is 0.329 e. The summed E-state index contributed by atoms with van der Waals surface area (Å²) in [4.78, 5) is 11.3. The van der Waals surface area contributed by atoms with Crippen LogP contribution >= 0.6 is 11.6 Å². The monoisotopic (exact) mass is 228 g/mol. The van der Waals surface area contributed by atoms with Gasteiger partial charge < -0.3 is 9.47 Å². The fraction of sp³-hybridized carbons (Fsp3) is 0.364. The van der Waals surface area contributed by atoms with Crippen molar-refractivity contribution < 1.29 is 14.3 Å². The van der Waals surface area contributed by atoms with Gasteiger partial charge in [0, 0.05) is 0 Å². The van der Waals surface area contributed by atoms with Crippen LogP contribution in [0.15, 0.2) is 24.3 Å². The zero-order valence-corrected chi connectivity index (χ0v) is 9.45. The first-order chi connectivity index (χ1) is 7.17. The third kappa shape index (κ3) is 3.44. The number of hydrogen-bond acceptors (Lipinski definition) is 3. The first kappa shape index (κ1) is 11.9. The molecule has 0 aliphatic carbocycles. The van der Waals surface area contributed by atoms with E-state index in [2.05, 4.69) is 0 Å². The van der Waals surface area contributed by atoms with Gasteiger partial charge in [-0.1, -0.05) is 6.92 Å². The average molecular weight is 229 g/mol. The number of carbonyl (C=O) groups is 1.